The van der Waals surface area contributed by atoms with Crippen molar-refractivity contribution in [3.63, 3.8) is 0 Å². The van der Waals surface area contributed by atoms with Crippen molar-refractivity contribution in [1.29, 1.82) is 0 Å². The first-order chi connectivity index (χ1) is 9.69. The van der Waals surface area contributed by atoms with Crippen LogP contribution in [-0.2, 0) is 9.53 Å². The average molecular weight is 299 g/mol. The van der Waals surface area contributed by atoms with Crippen LogP contribution in [0, 0.1) is 0 Å². The Morgan fingerprint density at radius 2 is 2.20 bits per heavy atom. The van der Waals surface area contributed by atoms with Gasteiger partial charge in [0.2, 0.25) is 5.91 Å². The number of hydrogen-bond acceptors (Lipinski definition) is 4. The van der Waals surface area contributed by atoms with Crippen LogP contribution >= 0.6 is 11.6 Å². The van der Waals surface area contributed by atoms with Crippen LogP contribution in [0.5, 0.6) is 5.75 Å². The van der Waals surface area contributed by atoms with Gasteiger partial charge >= 0.3 is 0 Å². The molecule has 1 fully saturated rings. The molecule has 0 aliphatic carbocycles. The van der Waals surface area contributed by atoms with Gasteiger partial charge in [-0.25, -0.2) is 0 Å². The molecule has 0 radical (unpaired) electrons. The van der Waals surface area contributed by atoms with Gasteiger partial charge in [-0.15, -0.1) is 0 Å². The predicted molar refractivity (Wildman–Crippen MR) is 78.5 cm³/mol. The van der Waals surface area contributed by atoms with E-state index in [1.807, 2.05) is 0 Å². The second-order valence-corrected chi connectivity index (χ2v) is 5.09. The van der Waals surface area contributed by atoms with Gasteiger partial charge in [-0.1, -0.05) is 11.6 Å². The van der Waals surface area contributed by atoms with Crippen molar-refractivity contribution in [2.75, 3.05) is 32.1 Å². The molecule has 110 valence electrons. The van der Waals surface area contributed by atoms with Crippen LogP contribution in [0.4, 0.5) is 5.69 Å². The molecule has 6 heteroatoms. The van der Waals surface area contributed by atoms with Crippen LogP contribution < -0.4 is 15.4 Å². The first kappa shape index (κ1) is 15.1. The number of carbonyl (C=O) groups excluding carboxylic acids is 1. The van der Waals surface area contributed by atoms with Crippen molar-refractivity contribution < 1.29 is 14.3 Å². The van der Waals surface area contributed by atoms with Crippen molar-refractivity contribution in [3.8, 4) is 5.75 Å². The number of hydrogen-bond donors (Lipinski definition) is 2. The highest BCUT2D eigenvalue weighted by molar-refractivity contribution is 6.31. The fourth-order valence-corrected chi connectivity index (χ4v) is 2.29. The Morgan fingerprint density at radius 1 is 1.45 bits per heavy atom. The molecular formula is C14H19ClN2O3. The molecule has 0 atom stereocenters. The van der Waals surface area contributed by atoms with Crippen LogP contribution in [-0.4, -0.2) is 38.8 Å². The van der Waals surface area contributed by atoms with E-state index in [9.17, 15) is 4.79 Å². The summed E-state index contributed by atoms with van der Waals surface area (Å²) in [5.41, 5.74) is 0.555. The first-order valence-electron chi connectivity index (χ1n) is 6.65. The van der Waals surface area contributed by atoms with Crippen molar-refractivity contribution >= 4 is 23.2 Å². The Bertz CT molecular complexity index is 462. The molecule has 1 heterocycles. The number of anilines is 1. The number of rotatable bonds is 5. The minimum Gasteiger partial charge on any atom is -0.495 e. The number of methoxy groups -OCH3 is 1. The van der Waals surface area contributed by atoms with Crippen LogP contribution in [0.25, 0.3) is 0 Å². The van der Waals surface area contributed by atoms with E-state index in [1.54, 1.807) is 25.3 Å². The molecular weight excluding hydrogens is 280 g/mol. The molecule has 2 N–H and O–H groups in total. The van der Waals surface area contributed by atoms with Crippen molar-refractivity contribution in [2.45, 2.75) is 18.9 Å². The number of benzene rings is 1. The lowest BCUT2D eigenvalue weighted by atomic mass is 10.1. The number of ether oxygens (including phenoxy) is 2. The highest BCUT2D eigenvalue weighted by atomic mass is 35.5. The summed E-state index contributed by atoms with van der Waals surface area (Å²) in [6, 6.07) is 5.08. The zero-order valence-corrected chi connectivity index (χ0v) is 12.2. The molecule has 0 spiro atoms. The monoisotopic (exact) mass is 298 g/mol. The SMILES string of the molecule is COc1ccc(Cl)cc1NC(=O)COC1CCNCC1. The first-order valence-corrected chi connectivity index (χ1v) is 7.02. The fraction of sp³-hybridized carbons (Fsp3) is 0.500. The Balaban J connectivity index is 1.86. The predicted octanol–water partition coefficient (Wildman–Crippen LogP) is 2.06. The summed E-state index contributed by atoms with van der Waals surface area (Å²) in [6.45, 7) is 1.92. The van der Waals surface area contributed by atoms with E-state index in [0.717, 1.165) is 25.9 Å². The molecule has 0 aromatic heterocycles. The van der Waals surface area contributed by atoms with E-state index in [-0.39, 0.29) is 18.6 Å². The van der Waals surface area contributed by atoms with E-state index in [4.69, 9.17) is 21.1 Å². The van der Waals surface area contributed by atoms with Gasteiger partial charge in [0.15, 0.2) is 0 Å². The maximum atomic E-state index is 11.9. The van der Waals surface area contributed by atoms with E-state index >= 15 is 0 Å². The molecule has 1 aliphatic rings. The minimum atomic E-state index is -0.205. The quantitative estimate of drug-likeness (QED) is 0.873. The summed E-state index contributed by atoms with van der Waals surface area (Å²) in [7, 11) is 1.55. The maximum absolute atomic E-state index is 11.9. The molecule has 0 saturated carbocycles. The topological polar surface area (TPSA) is 59.6 Å². The Kier molecular flexibility index (Phi) is 5.64. The van der Waals surface area contributed by atoms with Crippen LogP contribution in [0.3, 0.4) is 0 Å². The third kappa shape index (κ3) is 4.37. The van der Waals surface area contributed by atoms with E-state index in [2.05, 4.69) is 10.6 Å². The third-order valence-corrected chi connectivity index (χ3v) is 3.41. The third-order valence-electron chi connectivity index (χ3n) is 3.17. The van der Waals surface area contributed by atoms with Gasteiger partial charge in [-0.3, -0.25) is 4.79 Å². The normalized spacial score (nSPS) is 15.9. The van der Waals surface area contributed by atoms with Crippen molar-refractivity contribution in [3.05, 3.63) is 23.2 Å². The second kappa shape index (κ2) is 7.47. The van der Waals surface area contributed by atoms with E-state index in [0.29, 0.717) is 16.5 Å². The number of carbonyl (C=O) groups is 1. The Labute approximate surface area is 123 Å². The van der Waals surface area contributed by atoms with Crippen LogP contribution in [0.1, 0.15) is 12.8 Å². The molecule has 1 aromatic rings. The zero-order chi connectivity index (χ0) is 14.4. The van der Waals surface area contributed by atoms with Crippen molar-refractivity contribution in [2.24, 2.45) is 0 Å². The number of nitrogens with one attached hydrogen (secondary N) is 2. The standard InChI is InChI=1S/C14H19ClN2O3/c1-19-13-3-2-10(15)8-12(13)17-14(18)9-20-11-4-6-16-7-5-11/h2-3,8,11,16H,4-7,9H2,1H3,(H,17,18). The fourth-order valence-electron chi connectivity index (χ4n) is 2.12. The average Bonchev–Trinajstić information content (AvgIpc) is 2.46. The molecule has 5 nitrogen and oxygen atoms in total. The highest BCUT2D eigenvalue weighted by Crippen LogP contribution is 2.27. The van der Waals surface area contributed by atoms with Gasteiger partial charge in [0.1, 0.15) is 12.4 Å². The van der Waals surface area contributed by atoms with Gasteiger partial charge < -0.3 is 20.1 Å². The number of halogens is 1. The molecule has 1 amide bonds. The summed E-state index contributed by atoms with van der Waals surface area (Å²) in [4.78, 5) is 11.9. The van der Waals surface area contributed by atoms with Crippen molar-refractivity contribution in [1.82, 2.24) is 5.32 Å². The summed E-state index contributed by atoms with van der Waals surface area (Å²) >= 11 is 5.91. The van der Waals surface area contributed by atoms with Crippen LogP contribution in [0.2, 0.25) is 5.02 Å². The summed E-state index contributed by atoms with van der Waals surface area (Å²) in [5.74, 6) is 0.369. The van der Waals surface area contributed by atoms with Gasteiger partial charge in [-0.2, -0.15) is 0 Å². The lowest BCUT2D eigenvalue weighted by molar-refractivity contribution is -0.123. The van der Waals surface area contributed by atoms with E-state index in [1.165, 1.54) is 0 Å². The molecule has 0 bridgehead atoms. The Hall–Kier alpha value is -1.30. The van der Waals surface area contributed by atoms with Gasteiger partial charge in [0.25, 0.3) is 0 Å². The largest absolute Gasteiger partial charge is 0.495 e. The Morgan fingerprint density at radius 3 is 2.90 bits per heavy atom. The van der Waals surface area contributed by atoms with Gasteiger partial charge in [-0.05, 0) is 44.1 Å². The number of amides is 1. The smallest absolute Gasteiger partial charge is 0.250 e. The highest BCUT2D eigenvalue weighted by Gasteiger charge is 2.15. The molecule has 1 saturated heterocycles. The van der Waals surface area contributed by atoms with Gasteiger partial charge in [0, 0.05) is 5.02 Å². The lowest BCUT2D eigenvalue weighted by Crippen LogP contribution is -2.34. The maximum Gasteiger partial charge on any atom is 0.250 e. The summed E-state index contributed by atoms with van der Waals surface area (Å²) in [5, 5.41) is 6.55. The van der Waals surface area contributed by atoms with Gasteiger partial charge in [0.05, 0.1) is 18.9 Å². The summed E-state index contributed by atoms with van der Waals surface area (Å²) < 4.78 is 10.8. The molecule has 20 heavy (non-hydrogen) atoms. The zero-order valence-electron chi connectivity index (χ0n) is 11.4. The second-order valence-electron chi connectivity index (χ2n) is 4.65. The molecule has 0 unspecified atom stereocenters. The molecule has 1 aliphatic heterocycles. The molecule has 2 rings (SSSR count). The summed E-state index contributed by atoms with van der Waals surface area (Å²) in [6.07, 6.45) is 2.03. The van der Waals surface area contributed by atoms with E-state index < -0.39 is 0 Å². The molecule has 1 aromatic carbocycles. The van der Waals surface area contributed by atoms with Crippen LogP contribution in [0.15, 0.2) is 18.2 Å². The lowest BCUT2D eigenvalue weighted by Gasteiger charge is -2.22. The minimum absolute atomic E-state index is 0.0420. The number of piperidine rings is 1.